The second-order valence-electron chi connectivity index (χ2n) is 9.09. The molecule has 5 N–H and O–H groups in total. The van der Waals surface area contributed by atoms with Gasteiger partial charge in [-0.1, -0.05) is 12.1 Å². The fraction of sp³-hybridized carbons (Fsp3) is 0.308. The van der Waals surface area contributed by atoms with Gasteiger partial charge in [0.15, 0.2) is 5.84 Å². The van der Waals surface area contributed by atoms with Crippen LogP contribution >= 0.6 is 15.9 Å². The number of carbonyl (C=O) groups is 2. The number of ketones is 1. The van der Waals surface area contributed by atoms with Gasteiger partial charge < -0.3 is 20.4 Å². The van der Waals surface area contributed by atoms with Gasteiger partial charge in [-0.25, -0.2) is 19.7 Å². The first-order valence-corrected chi connectivity index (χ1v) is 13.0. The lowest BCUT2D eigenvalue weighted by molar-refractivity contribution is -0.118. The van der Waals surface area contributed by atoms with Crippen molar-refractivity contribution in [2.24, 2.45) is 10.9 Å². The summed E-state index contributed by atoms with van der Waals surface area (Å²) in [5.74, 6) is -1.53. The molecule has 4 rings (SSSR count). The molecule has 1 saturated heterocycles. The Balaban J connectivity index is 1.30. The number of hydrogen-bond acceptors (Lipinski definition) is 7. The average molecular weight is 603 g/mol. The Bertz CT molecular complexity index is 1340. The molecule has 39 heavy (non-hydrogen) atoms. The summed E-state index contributed by atoms with van der Waals surface area (Å²) < 4.78 is 15.2. The molecule has 2 amide bonds. The highest BCUT2D eigenvalue weighted by atomic mass is 79.9. The predicted octanol–water partition coefficient (Wildman–Crippen LogP) is 3.33. The number of nitrogens with zero attached hydrogens (tertiary/aromatic N) is 4. The van der Waals surface area contributed by atoms with E-state index < -0.39 is 17.8 Å². The number of Topliss-reactive ketones (excluding diaryl/α,β-unsaturated/α-hetero) is 1. The number of amidine groups is 1. The van der Waals surface area contributed by atoms with Crippen molar-refractivity contribution in [3.05, 3.63) is 65.1 Å². The highest BCUT2D eigenvalue weighted by Crippen LogP contribution is 2.25. The van der Waals surface area contributed by atoms with E-state index in [9.17, 15) is 24.3 Å². The highest BCUT2D eigenvalue weighted by molar-refractivity contribution is 9.10. The molecule has 0 unspecified atom stereocenters. The monoisotopic (exact) mass is 602 g/mol. The third kappa shape index (κ3) is 7.26. The van der Waals surface area contributed by atoms with Crippen molar-refractivity contribution in [1.29, 1.82) is 0 Å². The van der Waals surface area contributed by atoms with Crippen molar-refractivity contribution in [1.82, 2.24) is 20.2 Å². The molecule has 11 nitrogen and oxygen atoms in total. The first-order valence-electron chi connectivity index (χ1n) is 12.2. The maximum atomic E-state index is 13.5. The van der Waals surface area contributed by atoms with Crippen LogP contribution in [0.3, 0.4) is 0 Å². The Hall–Kier alpha value is -3.65. The van der Waals surface area contributed by atoms with Gasteiger partial charge in [0.05, 0.1) is 35.6 Å². The predicted molar refractivity (Wildman–Crippen MR) is 145 cm³/mol. The molecule has 1 atom stereocenters. The molecule has 0 aliphatic carbocycles. The molecule has 3 aromatic rings. The first kappa shape index (κ1) is 28.4. The van der Waals surface area contributed by atoms with E-state index in [1.165, 1.54) is 18.2 Å². The van der Waals surface area contributed by atoms with Crippen LogP contribution < -0.4 is 10.8 Å². The summed E-state index contributed by atoms with van der Waals surface area (Å²) in [6.07, 6.45) is 3.33. The van der Waals surface area contributed by atoms with Crippen LogP contribution in [-0.2, 0) is 11.3 Å². The molecule has 0 spiro atoms. The number of hydroxylamine groups is 1. The Morgan fingerprint density at radius 1 is 1.15 bits per heavy atom. The summed E-state index contributed by atoms with van der Waals surface area (Å²) in [7, 11) is 0. The zero-order chi connectivity index (χ0) is 27.9. The van der Waals surface area contributed by atoms with E-state index >= 15 is 0 Å². The molecular formula is C26H28BrFN6O5. The second kappa shape index (κ2) is 12.9. The van der Waals surface area contributed by atoms with Gasteiger partial charge in [0.25, 0.3) is 0 Å². The van der Waals surface area contributed by atoms with E-state index in [-0.39, 0.29) is 35.3 Å². The van der Waals surface area contributed by atoms with Crippen molar-refractivity contribution in [3.8, 4) is 11.1 Å². The fourth-order valence-electron chi connectivity index (χ4n) is 4.19. The number of aromatic nitrogens is 2. The Morgan fingerprint density at radius 2 is 1.87 bits per heavy atom. The van der Waals surface area contributed by atoms with Gasteiger partial charge in [0.2, 0.25) is 5.78 Å². The average Bonchev–Trinajstić information content (AvgIpc) is 3.42. The molecule has 0 radical (unpaired) electrons. The second-order valence-corrected chi connectivity index (χ2v) is 9.95. The van der Waals surface area contributed by atoms with Crippen molar-refractivity contribution in [2.45, 2.75) is 25.5 Å². The van der Waals surface area contributed by atoms with Crippen LogP contribution in [0.4, 0.5) is 20.6 Å². The number of aliphatic hydroxyl groups excluding tert-OH is 2. The molecule has 2 aromatic carbocycles. The maximum absolute atomic E-state index is 13.5. The Kier molecular flexibility index (Phi) is 9.41. The fourth-order valence-corrected chi connectivity index (χ4v) is 4.56. The van der Waals surface area contributed by atoms with Crippen LogP contribution in [0.5, 0.6) is 0 Å². The van der Waals surface area contributed by atoms with Crippen molar-refractivity contribution in [2.75, 3.05) is 25.0 Å². The van der Waals surface area contributed by atoms with Crippen molar-refractivity contribution < 1.29 is 29.4 Å². The Morgan fingerprint density at radius 3 is 2.51 bits per heavy atom. The van der Waals surface area contributed by atoms with Gasteiger partial charge in [-0.15, -0.1) is 0 Å². The molecule has 1 aromatic heterocycles. The number of carbonyl (C=O) groups excluding carboxylic acids is 2. The largest absolute Gasteiger partial charge is 0.394 e. The van der Waals surface area contributed by atoms with Crippen LogP contribution in [0.25, 0.3) is 11.1 Å². The van der Waals surface area contributed by atoms with Gasteiger partial charge in [0.1, 0.15) is 5.82 Å². The van der Waals surface area contributed by atoms with Crippen molar-refractivity contribution >= 4 is 45.0 Å². The summed E-state index contributed by atoms with van der Waals surface area (Å²) in [5.41, 5.74) is 4.46. The standard InChI is InChI=1S/C26H28BrFN6O5/c27-22-11-20(5-6-23(22)28)30-25(32-39)24(37)17-7-9-33(10-8-17)26(38)31-19-3-1-16(2-4-19)18-12-29-34(13-18)14-21(36)15-35/h1-6,11-13,17,21,35-36,39H,7-10,14-15H2,(H,30,32)(H,31,38)/t21-/m1/s1. The lowest BCUT2D eigenvalue weighted by atomic mass is 9.92. The van der Waals surface area contributed by atoms with E-state index in [1.807, 2.05) is 17.6 Å². The summed E-state index contributed by atoms with van der Waals surface area (Å²) in [4.78, 5) is 31.4. The number of rotatable bonds is 8. The van der Waals surface area contributed by atoms with E-state index in [2.05, 4.69) is 31.3 Å². The molecule has 1 fully saturated rings. The molecule has 1 aliphatic heterocycles. The first-order chi connectivity index (χ1) is 18.8. The molecule has 206 valence electrons. The summed E-state index contributed by atoms with van der Waals surface area (Å²) in [5, 5.41) is 35.1. The van der Waals surface area contributed by atoms with E-state index in [4.69, 9.17) is 5.11 Å². The van der Waals surface area contributed by atoms with E-state index in [0.717, 1.165) is 11.1 Å². The third-order valence-corrected chi connectivity index (χ3v) is 6.96. The van der Waals surface area contributed by atoms with Crippen LogP contribution in [0.15, 0.2) is 64.3 Å². The van der Waals surface area contributed by atoms with Gasteiger partial charge >= 0.3 is 6.03 Å². The van der Waals surface area contributed by atoms with Crippen molar-refractivity contribution in [3.63, 3.8) is 0 Å². The minimum Gasteiger partial charge on any atom is -0.394 e. The smallest absolute Gasteiger partial charge is 0.321 e. The SMILES string of the molecule is O=C(C(=Nc1ccc(F)c(Br)c1)NO)C1CCN(C(=O)Nc2ccc(-c3cnn(C[C@@H](O)CO)c3)cc2)CC1. The minimum atomic E-state index is -0.885. The molecule has 1 aliphatic rings. The molecular weight excluding hydrogens is 575 g/mol. The number of hydrogen-bond donors (Lipinski definition) is 5. The number of aliphatic imine (C=N–C) groups is 1. The van der Waals surface area contributed by atoms with Crippen LogP contribution in [-0.4, -0.2) is 73.6 Å². The number of piperidine rings is 1. The number of halogens is 2. The van der Waals surface area contributed by atoms with E-state index in [1.54, 1.807) is 34.1 Å². The van der Waals surface area contributed by atoms with Gasteiger partial charge in [0, 0.05) is 36.5 Å². The topological polar surface area (TPSA) is 152 Å². The number of aliphatic hydroxyl groups is 2. The molecule has 0 saturated carbocycles. The number of anilines is 1. The lowest BCUT2D eigenvalue weighted by Gasteiger charge is -2.31. The number of nitrogens with one attached hydrogen (secondary N) is 2. The van der Waals surface area contributed by atoms with Crippen LogP contribution in [0.1, 0.15) is 12.8 Å². The molecule has 2 heterocycles. The van der Waals surface area contributed by atoms with E-state index in [0.29, 0.717) is 37.3 Å². The summed E-state index contributed by atoms with van der Waals surface area (Å²) >= 11 is 3.07. The number of amides is 2. The molecule has 13 heteroatoms. The Labute approximate surface area is 232 Å². The zero-order valence-electron chi connectivity index (χ0n) is 20.8. The summed E-state index contributed by atoms with van der Waals surface area (Å²) in [6.45, 7) is 0.534. The summed E-state index contributed by atoms with van der Waals surface area (Å²) in [6, 6.07) is 10.9. The number of likely N-dealkylation sites (tertiary alicyclic amines) is 1. The van der Waals surface area contributed by atoms with Gasteiger partial charge in [-0.05, 0) is 64.7 Å². The van der Waals surface area contributed by atoms with Gasteiger partial charge in [-0.3, -0.25) is 14.7 Å². The number of benzene rings is 2. The third-order valence-electron chi connectivity index (χ3n) is 6.35. The highest BCUT2D eigenvalue weighted by Gasteiger charge is 2.30. The maximum Gasteiger partial charge on any atom is 0.321 e. The van der Waals surface area contributed by atoms with Crippen LogP contribution in [0.2, 0.25) is 0 Å². The molecule has 0 bridgehead atoms. The minimum absolute atomic E-state index is 0.184. The lowest BCUT2D eigenvalue weighted by Crippen LogP contribution is -2.44. The van der Waals surface area contributed by atoms with Gasteiger partial charge in [-0.2, -0.15) is 5.10 Å². The quantitative estimate of drug-likeness (QED) is 0.151. The number of urea groups is 1. The zero-order valence-corrected chi connectivity index (χ0v) is 22.4. The normalized spacial score (nSPS) is 15.2. The van der Waals surface area contributed by atoms with Crippen LogP contribution in [0, 0.1) is 11.7 Å².